The number of hydrogen-bond donors (Lipinski definition) is 1. The zero-order valence-electron chi connectivity index (χ0n) is 16.4. The second-order valence-corrected chi connectivity index (χ2v) is 8.77. The summed E-state index contributed by atoms with van der Waals surface area (Å²) in [5.74, 6) is -1.78. The van der Waals surface area contributed by atoms with E-state index in [-0.39, 0.29) is 16.6 Å². The third kappa shape index (κ3) is 4.62. The summed E-state index contributed by atoms with van der Waals surface area (Å²) in [6, 6.07) is 9.24. The summed E-state index contributed by atoms with van der Waals surface area (Å²) in [5, 5.41) is 4.93. The Kier molecular flexibility index (Phi) is 6.45. The highest BCUT2D eigenvalue weighted by atomic mass is 35.5. The van der Waals surface area contributed by atoms with E-state index in [9.17, 15) is 18.4 Å². The average Bonchev–Trinajstić information content (AvgIpc) is 3.21. The minimum Gasteiger partial charge on any atom is -0.495 e. The number of benzene rings is 2. The molecule has 2 heterocycles. The fourth-order valence-electron chi connectivity index (χ4n) is 2.98. The number of ether oxygens (including phenoxy) is 1. The van der Waals surface area contributed by atoms with Gasteiger partial charge in [0.25, 0.3) is 5.56 Å². The van der Waals surface area contributed by atoms with E-state index in [0.717, 1.165) is 28.5 Å². The van der Waals surface area contributed by atoms with Gasteiger partial charge < -0.3 is 10.1 Å². The molecule has 4 rings (SSSR count). The van der Waals surface area contributed by atoms with Gasteiger partial charge in [-0.05, 0) is 41.8 Å². The third-order valence-corrected chi connectivity index (χ3v) is 6.39. The van der Waals surface area contributed by atoms with E-state index < -0.39 is 23.1 Å². The highest BCUT2D eigenvalue weighted by Gasteiger charge is 2.17. The Labute approximate surface area is 193 Å². The van der Waals surface area contributed by atoms with E-state index in [0.29, 0.717) is 32.7 Å². The molecule has 0 fully saturated rings. The minimum absolute atomic E-state index is 0.0188. The lowest BCUT2D eigenvalue weighted by molar-refractivity contribution is -0.113. The van der Waals surface area contributed by atoms with Gasteiger partial charge in [0.05, 0.1) is 29.8 Å². The third-order valence-electron chi connectivity index (χ3n) is 4.32. The van der Waals surface area contributed by atoms with Crippen molar-refractivity contribution >= 4 is 56.5 Å². The number of amides is 1. The fraction of sp³-hybridized carbons (Fsp3) is 0.0952. The van der Waals surface area contributed by atoms with Crippen LogP contribution in [0.25, 0.3) is 15.9 Å². The molecular formula is C21H14ClF2N3O3S2. The number of methoxy groups -OCH3 is 1. The van der Waals surface area contributed by atoms with Gasteiger partial charge >= 0.3 is 0 Å². The Balaban J connectivity index is 1.66. The second kappa shape index (κ2) is 9.27. The van der Waals surface area contributed by atoms with Crippen molar-refractivity contribution in [3.63, 3.8) is 0 Å². The minimum atomic E-state index is -0.833. The molecule has 4 aromatic rings. The largest absolute Gasteiger partial charge is 0.495 e. The van der Waals surface area contributed by atoms with E-state index in [2.05, 4.69) is 10.3 Å². The Bertz CT molecular complexity index is 1370. The standard InChI is InChI=1S/C21H14ClF2N3O3S2/c1-30-17-3-2-11(22)6-16(17)25-18(28)10-32-21-26-15-4-5-31-19(15)20(29)27(21)14-8-12(23)7-13(24)9-14/h2-9H,10H2,1H3,(H,25,28). The van der Waals surface area contributed by atoms with Crippen molar-refractivity contribution in [2.45, 2.75) is 5.16 Å². The van der Waals surface area contributed by atoms with Gasteiger partial charge in [0.1, 0.15) is 22.1 Å². The van der Waals surface area contributed by atoms with Crippen LogP contribution in [-0.4, -0.2) is 28.3 Å². The molecule has 6 nitrogen and oxygen atoms in total. The molecule has 1 N–H and O–H groups in total. The summed E-state index contributed by atoms with van der Waals surface area (Å²) in [5.41, 5.74) is 0.327. The highest BCUT2D eigenvalue weighted by molar-refractivity contribution is 7.99. The Morgan fingerprint density at radius 1 is 1.22 bits per heavy atom. The van der Waals surface area contributed by atoms with Gasteiger partial charge in [-0.2, -0.15) is 0 Å². The molecule has 0 saturated carbocycles. The SMILES string of the molecule is COc1ccc(Cl)cc1NC(=O)CSc1nc2ccsc2c(=O)n1-c1cc(F)cc(F)c1. The molecule has 0 radical (unpaired) electrons. The lowest BCUT2D eigenvalue weighted by Crippen LogP contribution is -2.22. The maximum absolute atomic E-state index is 13.8. The summed E-state index contributed by atoms with van der Waals surface area (Å²) in [4.78, 5) is 30.0. The molecule has 1 amide bonds. The number of carbonyl (C=O) groups excluding carboxylic acids is 1. The lowest BCUT2D eigenvalue weighted by atomic mass is 10.3. The number of thiophene rings is 1. The maximum Gasteiger partial charge on any atom is 0.276 e. The van der Waals surface area contributed by atoms with Gasteiger partial charge in [-0.3, -0.25) is 14.2 Å². The van der Waals surface area contributed by atoms with Crippen LogP contribution >= 0.6 is 34.7 Å². The Morgan fingerprint density at radius 3 is 2.69 bits per heavy atom. The van der Waals surface area contributed by atoms with E-state index in [1.165, 1.54) is 18.4 Å². The molecule has 0 aliphatic rings. The molecule has 0 spiro atoms. The van der Waals surface area contributed by atoms with Gasteiger partial charge in [0.2, 0.25) is 5.91 Å². The fourth-order valence-corrected chi connectivity index (χ4v) is 4.72. The summed E-state index contributed by atoms with van der Waals surface area (Å²) >= 11 is 8.12. The van der Waals surface area contributed by atoms with Crippen LogP contribution in [0.2, 0.25) is 5.02 Å². The van der Waals surface area contributed by atoms with Gasteiger partial charge in [0.15, 0.2) is 5.16 Å². The lowest BCUT2D eigenvalue weighted by Gasteiger charge is -2.13. The molecule has 0 aliphatic heterocycles. The maximum atomic E-state index is 13.8. The predicted molar refractivity (Wildman–Crippen MR) is 122 cm³/mol. The molecule has 0 atom stereocenters. The van der Waals surface area contributed by atoms with Crippen LogP contribution in [-0.2, 0) is 4.79 Å². The first-order chi connectivity index (χ1) is 15.4. The number of carbonyl (C=O) groups is 1. The first-order valence-electron chi connectivity index (χ1n) is 9.08. The van der Waals surface area contributed by atoms with Crippen molar-refractivity contribution in [1.29, 1.82) is 0 Å². The first-order valence-corrected chi connectivity index (χ1v) is 11.3. The smallest absolute Gasteiger partial charge is 0.276 e. The van der Waals surface area contributed by atoms with Crippen LogP contribution in [0.1, 0.15) is 0 Å². The summed E-state index contributed by atoms with van der Waals surface area (Å²) in [6.07, 6.45) is 0. The number of halogens is 3. The molecule has 32 heavy (non-hydrogen) atoms. The zero-order valence-corrected chi connectivity index (χ0v) is 18.8. The van der Waals surface area contributed by atoms with E-state index in [1.54, 1.807) is 29.6 Å². The molecule has 0 bridgehead atoms. The predicted octanol–water partition coefficient (Wildman–Crippen LogP) is 5.12. The van der Waals surface area contributed by atoms with Crippen molar-refractivity contribution in [3.05, 3.63) is 74.9 Å². The summed E-state index contributed by atoms with van der Waals surface area (Å²) in [7, 11) is 1.46. The molecule has 164 valence electrons. The number of aromatic nitrogens is 2. The number of rotatable bonds is 6. The topological polar surface area (TPSA) is 73.2 Å². The normalized spacial score (nSPS) is 11.0. The molecule has 0 aliphatic carbocycles. The van der Waals surface area contributed by atoms with Gasteiger partial charge in [-0.25, -0.2) is 13.8 Å². The molecular weight excluding hydrogens is 480 g/mol. The van der Waals surface area contributed by atoms with Crippen molar-refractivity contribution in [2.75, 3.05) is 18.2 Å². The Morgan fingerprint density at radius 2 is 1.97 bits per heavy atom. The number of anilines is 1. The number of nitrogens with zero attached hydrogens (tertiary/aromatic N) is 2. The molecule has 2 aromatic heterocycles. The highest BCUT2D eigenvalue weighted by Crippen LogP contribution is 2.29. The van der Waals surface area contributed by atoms with Crippen LogP contribution in [0.5, 0.6) is 5.75 Å². The number of fused-ring (bicyclic) bond motifs is 1. The van der Waals surface area contributed by atoms with E-state index in [1.807, 2.05) is 0 Å². The van der Waals surface area contributed by atoms with Crippen LogP contribution in [0.15, 0.2) is 57.8 Å². The average molecular weight is 494 g/mol. The molecule has 0 saturated heterocycles. The van der Waals surface area contributed by atoms with E-state index >= 15 is 0 Å². The van der Waals surface area contributed by atoms with Gasteiger partial charge in [0, 0.05) is 11.1 Å². The number of nitrogens with one attached hydrogen (secondary N) is 1. The second-order valence-electron chi connectivity index (χ2n) is 6.48. The van der Waals surface area contributed by atoms with Crippen LogP contribution < -0.4 is 15.6 Å². The summed E-state index contributed by atoms with van der Waals surface area (Å²) in [6.45, 7) is 0. The molecule has 2 aromatic carbocycles. The van der Waals surface area contributed by atoms with E-state index in [4.69, 9.17) is 16.3 Å². The zero-order chi connectivity index (χ0) is 22.8. The molecule has 11 heteroatoms. The van der Waals surface area contributed by atoms with Crippen molar-refractivity contribution in [2.24, 2.45) is 0 Å². The summed E-state index contributed by atoms with van der Waals surface area (Å²) < 4.78 is 34.3. The van der Waals surface area contributed by atoms with Crippen molar-refractivity contribution in [1.82, 2.24) is 9.55 Å². The van der Waals surface area contributed by atoms with Crippen LogP contribution in [0.4, 0.5) is 14.5 Å². The first kappa shape index (κ1) is 22.3. The number of thioether (sulfide) groups is 1. The molecule has 0 unspecified atom stereocenters. The van der Waals surface area contributed by atoms with Crippen molar-refractivity contribution < 1.29 is 18.3 Å². The van der Waals surface area contributed by atoms with Crippen molar-refractivity contribution in [3.8, 4) is 11.4 Å². The monoisotopic (exact) mass is 493 g/mol. The van der Waals surface area contributed by atoms with Gasteiger partial charge in [-0.15, -0.1) is 11.3 Å². The van der Waals surface area contributed by atoms with Crippen LogP contribution in [0, 0.1) is 11.6 Å². The Hall–Kier alpha value is -2.95. The quantitative estimate of drug-likeness (QED) is 0.298. The van der Waals surface area contributed by atoms with Gasteiger partial charge in [-0.1, -0.05) is 23.4 Å². The van der Waals surface area contributed by atoms with Crippen LogP contribution in [0.3, 0.4) is 0 Å². The number of hydrogen-bond acceptors (Lipinski definition) is 6.